The Morgan fingerprint density at radius 2 is 1.79 bits per heavy atom. The first-order chi connectivity index (χ1) is 13.8. The molecule has 0 saturated carbocycles. The Morgan fingerprint density at radius 3 is 2.50 bits per heavy atom. The number of unbranched alkanes of at least 4 members (excludes halogenated alkanes) is 1. The van der Waals surface area contributed by atoms with Gasteiger partial charge in [-0.15, -0.1) is 0 Å². The highest BCUT2D eigenvalue weighted by Gasteiger charge is 2.28. The average molecular weight is 381 g/mol. The van der Waals surface area contributed by atoms with Gasteiger partial charge in [0.2, 0.25) is 6.29 Å². The minimum absolute atomic E-state index is 0.0512. The van der Waals surface area contributed by atoms with E-state index in [0.717, 1.165) is 17.5 Å². The van der Waals surface area contributed by atoms with Crippen LogP contribution in [0.15, 0.2) is 72.5 Å². The van der Waals surface area contributed by atoms with Crippen LogP contribution in [-0.4, -0.2) is 30.5 Å². The molecular formula is C23H27NO4. The van der Waals surface area contributed by atoms with Crippen molar-refractivity contribution in [1.82, 2.24) is 5.32 Å². The molecule has 2 atom stereocenters. The van der Waals surface area contributed by atoms with Crippen molar-refractivity contribution in [3.05, 3.63) is 83.6 Å². The quantitative estimate of drug-likeness (QED) is 0.653. The minimum Gasteiger partial charge on any atom is -0.459 e. The molecule has 1 aliphatic rings. The lowest BCUT2D eigenvalue weighted by atomic mass is 9.93. The van der Waals surface area contributed by atoms with Crippen LogP contribution in [-0.2, 0) is 20.8 Å². The van der Waals surface area contributed by atoms with E-state index in [1.165, 1.54) is 0 Å². The molecule has 1 heterocycles. The van der Waals surface area contributed by atoms with Gasteiger partial charge in [-0.05, 0) is 30.0 Å². The van der Waals surface area contributed by atoms with Gasteiger partial charge in [-0.25, -0.2) is 0 Å². The third kappa shape index (κ3) is 5.94. The van der Waals surface area contributed by atoms with Crippen LogP contribution in [0.1, 0.15) is 36.3 Å². The predicted octanol–water partition coefficient (Wildman–Crippen LogP) is 3.51. The van der Waals surface area contributed by atoms with E-state index in [9.17, 15) is 4.79 Å². The number of aliphatic hydroxyl groups excluding tert-OH is 1. The molecule has 28 heavy (non-hydrogen) atoms. The second-order valence-electron chi connectivity index (χ2n) is 6.80. The van der Waals surface area contributed by atoms with Crippen molar-refractivity contribution >= 4 is 5.91 Å². The molecule has 5 nitrogen and oxygen atoms in total. The van der Waals surface area contributed by atoms with Crippen LogP contribution in [0.3, 0.4) is 0 Å². The smallest absolute Gasteiger partial charge is 0.286 e. The molecule has 0 aromatic heterocycles. The zero-order valence-corrected chi connectivity index (χ0v) is 15.9. The molecule has 2 aromatic rings. The van der Waals surface area contributed by atoms with E-state index < -0.39 is 6.29 Å². The molecule has 2 N–H and O–H groups in total. The van der Waals surface area contributed by atoms with Crippen molar-refractivity contribution in [3.63, 3.8) is 0 Å². The van der Waals surface area contributed by atoms with Crippen LogP contribution >= 0.6 is 0 Å². The van der Waals surface area contributed by atoms with E-state index in [0.29, 0.717) is 31.8 Å². The molecule has 0 bridgehead atoms. The lowest BCUT2D eigenvalue weighted by Gasteiger charge is -2.29. The number of hydrogen-bond acceptors (Lipinski definition) is 4. The highest BCUT2D eigenvalue weighted by atomic mass is 16.7. The number of rotatable bonds is 9. The number of benzene rings is 2. The molecule has 5 heteroatoms. The van der Waals surface area contributed by atoms with Crippen molar-refractivity contribution in [3.8, 4) is 0 Å². The van der Waals surface area contributed by atoms with E-state index >= 15 is 0 Å². The van der Waals surface area contributed by atoms with Gasteiger partial charge in [0.15, 0.2) is 5.76 Å². The molecule has 0 aliphatic carbocycles. The average Bonchev–Trinajstić information content (AvgIpc) is 2.76. The van der Waals surface area contributed by atoms with Gasteiger partial charge in [0.1, 0.15) is 0 Å². The first kappa shape index (κ1) is 20.1. The fraction of sp³-hybridized carbons (Fsp3) is 0.348. The molecule has 0 unspecified atom stereocenters. The zero-order valence-electron chi connectivity index (χ0n) is 15.9. The first-order valence-corrected chi connectivity index (χ1v) is 9.74. The van der Waals surface area contributed by atoms with E-state index in [2.05, 4.69) is 17.4 Å². The maximum absolute atomic E-state index is 12.7. The standard InChI is InChI=1S/C23H27NO4/c25-13-7-8-14-27-22-16-20(19-11-5-2-6-12-19)15-21(28-22)23(26)24-17-18-9-3-1-4-10-18/h1-6,9-12,15,20,22,25H,7-8,13-14,16-17H2,(H,24,26)/t20-,22+/m0/s1. The second kappa shape index (κ2) is 10.6. The molecule has 1 amide bonds. The zero-order chi connectivity index (χ0) is 19.6. The summed E-state index contributed by atoms with van der Waals surface area (Å²) in [6.07, 6.45) is 3.49. The third-order valence-electron chi connectivity index (χ3n) is 4.66. The maximum Gasteiger partial charge on any atom is 0.286 e. The molecular weight excluding hydrogens is 354 g/mol. The second-order valence-corrected chi connectivity index (χ2v) is 6.80. The van der Waals surface area contributed by atoms with Gasteiger partial charge in [-0.3, -0.25) is 4.79 Å². The van der Waals surface area contributed by atoms with E-state index in [4.69, 9.17) is 14.6 Å². The normalized spacial score (nSPS) is 18.8. The number of hydrogen-bond donors (Lipinski definition) is 2. The first-order valence-electron chi connectivity index (χ1n) is 9.74. The summed E-state index contributed by atoms with van der Waals surface area (Å²) in [5.74, 6) is 0.104. The van der Waals surface area contributed by atoms with Crippen LogP contribution in [0.2, 0.25) is 0 Å². The Kier molecular flexibility index (Phi) is 7.64. The lowest BCUT2D eigenvalue weighted by Crippen LogP contribution is -2.32. The van der Waals surface area contributed by atoms with Crippen LogP contribution in [0.4, 0.5) is 0 Å². The summed E-state index contributed by atoms with van der Waals surface area (Å²) in [4.78, 5) is 12.7. The van der Waals surface area contributed by atoms with Gasteiger partial charge < -0.3 is 19.9 Å². The largest absolute Gasteiger partial charge is 0.459 e. The molecule has 1 aliphatic heterocycles. The Morgan fingerprint density at radius 1 is 1.07 bits per heavy atom. The van der Waals surface area contributed by atoms with Gasteiger partial charge in [-0.2, -0.15) is 0 Å². The molecule has 148 valence electrons. The molecule has 0 fully saturated rings. The summed E-state index contributed by atoms with van der Waals surface area (Å²) in [5, 5.41) is 11.8. The van der Waals surface area contributed by atoms with Crippen molar-refractivity contribution in [2.24, 2.45) is 0 Å². The molecule has 3 rings (SSSR count). The Balaban J connectivity index is 1.67. The topological polar surface area (TPSA) is 67.8 Å². The monoisotopic (exact) mass is 381 g/mol. The predicted molar refractivity (Wildman–Crippen MR) is 107 cm³/mol. The summed E-state index contributed by atoms with van der Waals surface area (Å²) in [5.41, 5.74) is 2.16. The number of carbonyl (C=O) groups excluding carboxylic acids is 1. The number of amides is 1. The summed E-state index contributed by atoms with van der Waals surface area (Å²) in [7, 11) is 0. The van der Waals surface area contributed by atoms with E-state index in [1.807, 2.05) is 54.6 Å². The van der Waals surface area contributed by atoms with Gasteiger partial charge in [0, 0.05) is 25.5 Å². The highest BCUT2D eigenvalue weighted by Crippen LogP contribution is 2.31. The number of nitrogens with one attached hydrogen (secondary N) is 1. The molecule has 2 aromatic carbocycles. The lowest BCUT2D eigenvalue weighted by molar-refractivity contribution is -0.146. The van der Waals surface area contributed by atoms with Crippen LogP contribution in [0.25, 0.3) is 0 Å². The summed E-state index contributed by atoms with van der Waals surface area (Å²) < 4.78 is 11.7. The van der Waals surface area contributed by atoms with Gasteiger partial charge >= 0.3 is 0 Å². The van der Waals surface area contributed by atoms with E-state index in [1.54, 1.807) is 0 Å². The van der Waals surface area contributed by atoms with Gasteiger partial charge in [0.25, 0.3) is 5.91 Å². The van der Waals surface area contributed by atoms with Gasteiger partial charge in [0.05, 0.1) is 6.61 Å². The number of ether oxygens (including phenoxy) is 2. The van der Waals surface area contributed by atoms with Crippen molar-refractivity contribution in [2.75, 3.05) is 13.2 Å². The van der Waals surface area contributed by atoms with Crippen LogP contribution in [0.5, 0.6) is 0 Å². The van der Waals surface area contributed by atoms with Crippen LogP contribution in [0, 0.1) is 0 Å². The Bertz CT molecular complexity index is 761. The Labute approximate surface area is 166 Å². The molecule has 0 spiro atoms. The summed E-state index contributed by atoms with van der Waals surface area (Å²) in [6, 6.07) is 19.8. The number of allylic oxidation sites excluding steroid dienone is 1. The summed E-state index contributed by atoms with van der Waals surface area (Å²) >= 11 is 0. The minimum atomic E-state index is -0.480. The maximum atomic E-state index is 12.7. The SMILES string of the molecule is O=C(NCc1ccccc1)C1=C[C@H](c2ccccc2)C[C@H](OCCCCO)O1. The molecule has 0 radical (unpaired) electrons. The highest BCUT2D eigenvalue weighted by molar-refractivity contribution is 5.91. The molecule has 0 saturated heterocycles. The summed E-state index contributed by atoms with van der Waals surface area (Å²) in [6.45, 7) is 1.08. The third-order valence-corrected chi connectivity index (χ3v) is 4.66. The van der Waals surface area contributed by atoms with Crippen LogP contribution < -0.4 is 5.32 Å². The Hall–Kier alpha value is -2.63. The van der Waals surface area contributed by atoms with E-state index in [-0.39, 0.29) is 18.4 Å². The number of aliphatic hydroxyl groups is 1. The fourth-order valence-electron chi connectivity index (χ4n) is 3.14. The van der Waals surface area contributed by atoms with Gasteiger partial charge in [-0.1, -0.05) is 60.7 Å². The van der Waals surface area contributed by atoms with Crippen molar-refractivity contribution in [1.29, 1.82) is 0 Å². The fourth-order valence-corrected chi connectivity index (χ4v) is 3.14. The van der Waals surface area contributed by atoms with Crippen molar-refractivity contribution < 1.29 is 19.4 Å². The number of carbonyl (C=O) groups is 1. The van der Waals surface area contributed by atoms with Crippen molar-refractivity contribution in [2.45, 2.75) is 38.0 Å².